The molecule has 2 aromatic carbocycles. The molecule has 2 bridgehead atoms. The van der Waals surface area contributed by atoms with Gasteiger partial charge in [-0.25, -0.2) is 26.9 Å². The number of benzene rings is 2. The van der Waals surface area contributed by atoms with Gasteiger partial charge in [-0.3, -0.25) is 4.79 Å². The van der Waals surface area contributed by atoms with Crippen LogP contribution in [0.25, 0.3) is 21.5 Å². The van der Waals surface area contributed by atoms with E-state index in [0.717, 1.165) is 58.8 Å². The van der Waals surface area contributed by atoms with Crippen LogP contribution in [0.2, 0.25) is 0 Å². The lowest BCUT2D eigenvalue weighted by atomic mass is 9.77. The number of sulfonamides is 1. The Balaban J connectivity index is 0.955. The van der Waals surface area contributed by atoms with Gasteiger partial charge in [-0.1, -0.05) is 22.6 Å². The van der Waals surface area contributed by atoms with Gasteiger partial charge in [0.2, 0.25) is 10.0 Å². The third kappa shape index (κ3) is 4.91. The fourth-order valence-corrected chi connectivity index (χ4v) is 8.94. The van der Waals surface area contributed by atoms with Crippen molar-refractivity contribution in [3.05, 3.63) is 64.9 Å². The molecule has 2 atom stereocenters. The Bertz CT molecular complexity index is 1830. The molecule has 2 unspecified atom stereocenters. The van der Waals surface area contributed by atoms with Crippen LogP contribution in [0.5, 0.6) is 0 Å². The van der Waals surface area contributed by atoms with Crippen LogP contribution in [0.4, 0.5) is 13.9 Å². The highest BCUT2D eigenvalue weighted by Crippen LogP contribution is 2.46. The molecule has 5 fully saturated rings. The van der Waals surface area contributed by atoms with E-state index >= 15 is 0 Å². The zero-order valence-electron chi connectivity index (χ0n) is 23.1. The van der Waals surface area contributed by atoms with Gasteiger partial charge in [0.1, 0.15) is 23.1 Å². The summed E-state index contributed by atoms with van der Waals surface area (Å²) in [6.07, 6.45) is 6.00. The molecular formula is C30H29F2N5O4S2. The molecule has 5 aliphatic rings. The summed E-state index contributed by atoms with van der Waals surface area (Å²) in [5.74, 6) is -0.953. The Morgan fingerprint density at radius 1 is 1.05 bits per heavy atom. The summed E-state index contributed by atoms with van der Waals surface area (Å²) in [7, 11) is -3.62. The predicted octanol–water partition coefficient (Wildman–Crippen LogP) is 5.23. The zero-order valence-corrected chi connectivity index (χ0v) is 24.7. The van der Waals surface area contributed by atoms with Crippen LogP contribution in [0.15, 0.2) is 40.9 Å². The standard InChI is InChI=1S/C30H29F2N5O4S2/c31-22-2-1-3-23(32)26(22)27-21(28(41-35-27)15-4-5-15)14-33-17-11-18-13-19(12-17)37(18)30-34-24-9-6-16(10-25(24)42-30)29(38)36-43(39,40)20-7-8-20/h1-3,6,9-10,15,17-20,33H,4-5,7-8,11-14H2,(H,36,38). The lowest BCUT2D eigenvalue weighted by Crippen LogP contribution is -2.64. The first-order valence-electron chi connectivity index (χ1n) is 14.7. The van der Waals surface area contributed by atoms with Crippen LogP contribution in [0.3, 0.4) is 0 Å². The average Bonchev–Trinajstić information content (AvgIpc) is 3.91. The van der Waals surface area contributed by atoms with Crippen LogP contribution in [-0.2, 0) is 16.6 Å². The maximum Gasteiger partial charge on any atom is 0.264 e. The first kappa shape index (κ1) is 27.2. The van der Waals surface area contributed by atoms with Crippen molar-refractivity contribution in [2.24, 2.45) is 0 Å². The molecule has 9 nitrogen and oxygen atoms in total. The van der Waals surface area contributed by atoms with Gasteiger partial charge in [-0.2, -0.15) is 0 Å². The number of piperidine rings is 1. The minimum absolute atomic E-state index is 0.145. The number of nitrogens with one attached hydrogen (secondary N) is 2. The lowest BCUT2D eigenvalue weighted by molar-refractivity contribution is 0.0981. The second-order valence-electron chi connectivity index (χ2n) is 12.1. The minimum atomic E-state index is -3.62. The van der Waals surface area contributed by atoms with Crippen molar-refractivity contribution in [1.82, 2.24) is 20.2 Å². The number of aromatic nitrogens is 2. The normalized spacial score (nSPS) is 23.4. The molecule has 0 spiro atoms. The number of halogens is 2. The fraction of sp³-hybridized carbons (Fsp3) is 0.433. The Morgan fingerprint density at radius 2 is 1.79 bits per heavy atom. The molecule has 2 aromatic heterocycles. The summed E-state index contributed by atoms with van der Waals surface area (Å²) in [5.41, 5.74) is 1.90. The summed E-state index contributed by atoms with van der Waals surface area (Å²) >= 11 is 1.51. The highest BCUT2D eigenvalue weighted by Gasteiger charge is 2.47. The van der Waals surface area contributed by atoms with E-state index in [1.807, 2.05) is 0 Å². The molecule has 4 heterocycles. The maximum absolute atomic E-state index is 14.6. The molecular weight excluding hydrogens is 596 g/mol. The Kier molecular flexibility index (Phi) is 6.35. The monoisotopic (exact) mass is 625 g/mol. The molecule has 0 radical (unpaired) electrons. The molecule has 2 N–H and O–H groups in total. The lowest BCUT2D eigenvalue weighted by Gasteiger charge is -2.55. The predicted molar refractivity (Wildman–Crippen MR) is 157 cm³/mol. The summed E-state index contributed by atoms with van der Waals surface area (Å²) < 4.78 is 62.3. The number of carbonyl (C=O) groups excluding carboxylic acids is 1. The molecule has 224 valence electrons. The SMILES string of the molecule is O=C(NS(=O)(=O)C1CC1)c1ccc2nc(N3C4CC(NCc5c(-c6c(F)cccc6F)noc5C5CC5)CC3C4)sc2c1. The van der Waals surface area contributed by atoms with Crippen molar-refractivity contribution in [3.63, 3.8) is 0 Å². The van der Waals surface area contributed by atoms with Crippen molar-refractivity contribution in [3.8, 4) is 11.3 Å². The minimum Gasteiger partial charge on any atom is -0.360 e. The summed E-state index contributed by atoms with van der Waals surface area (Å²) in [6, 6.07) is 9.73. The summed E-state index contributed by atoms with van der Waals surface area (Å²) in [6.45, 7) is 0.422. The molecule has 9 rings (SSSR count). The Hall–Kier alpha value is -3.42. The second-order valence-corrected chi connectivity index (χ2v) is 15.1. The molecule has 2 saturated heterocycles. The third-order valence-electron chi connectivity index (χ3n) is 9.04. The third-order valence-corrected chi connectivity index (χ3v) is 11.9. The number of carbonyl (C=O) groups is 1. The van der Waals surface area contributed by atoms with Crippen LogP contribution >= 0.6 is 11.3 Å². The topological polar surface area (TPSA) is 117 Å². The van der Waals surface area contributed by atoms with E-state index in [1.165, 1.54) is 29.5 Å². The van der Waals surface area contributed by atoms with Gasteiger partial charge >= 0.3 is 0 Å². The molecule has 3 saturated carbocycles. The van der Waals surface area contributed by atoms with Crippen molar-refractivity contribution in [2.45, 2.75) is 80.8 Å². The molecule has 2 aliphatic heterocycles. The van der Waals surface area contributed by atoms with Crippen LogP contribution in [-0.4, -0.2) is 47.8 Å². The number of amides is 1. The van der Waals surface area contributed by atoms with Crippen LogP contribution < -0.4 is 14.9 Å². The van der Waals surface area contributed by atoms with Gasteiger partial charge in [0.25, 0.3) is 5.91 Å². The van der Waals surface area contributed by atoms with E-state index in [0.29, 0.717) is 37.0 Å². The van der Waals surface area contributed by atoms with E-state index in [2.05, 4.69) is 20.1 Å². The number of nitrogens with zero attached hydrogens (tertiary/aromatic N) is 3. The van der Waals surface area contributed by atoms with Crippen molar-refractivity contribution in [2.75, 3.05) is 4.90 Å². The zero-order chi connectivity index (χ0) is 29.5. The number of hydrogen-bond donors (Lipinski definition) is 2. The van der Waals surface area contributed by atoms with Gasteiger partial charge < -0.3 is 14.7 Å². The fourth-order valence-electron chi connectivity index (χ4n) is 6.49. The first-order chi connectivity index (χ1) is 20.7. The quantitative estimate of drug-likeness (QED) is 0.260. The van der Waals surface area contributed by atoms with E-state index < -0.39 is 32.8 Å². The summed E-state index contributed by atoms with van der Waals surface area (Å²) in [5, 5.41) is 8.16. The Labute approximate surface area is 250 Å². The van der Waals surface area contributed by atoms with Gasteiger partial charge in [-0.05, 0) is 75.3 Å². The van der Waals surface area contributed by atoms with Crippen molar-refractivity contribution in [1.29, 1.82) is 0 Å². The van der Waals surface area contributed by atoms with Gasteiger partial charge in [0.15, 0.2) is 5.13 Å². The summed E-state index contributed by atoms with van der Waals surface area (Å²) in [4.78, 5) is 19.8. The number of thiazole rings is 1. The highest BCUT2D eigenvalue weighted by molar-refractivity contribution is 7.91. The largest absolute Gasteiger partial charge is 0.360 e. The van der Waals surface area contributed by atoms with E-state index in [4.69, 9.17) is 9.51 Å². The molecule has 4 aromatic rings. The average molecular weight is 626 g/mol. The first-order valence-corrected chi connectivity index (χ1v) is 17.0. The smallest absolute Gasteiger partial charge is 0.264 e. The van der Waals surface area contributed by atoms with Crippen molar-refractivity contribution >= 4 is 42.6 Å². The number of anilines is 1. The van der Waals surface area contributed by atoms with Crippen LogP contribution in [0, 0.1) is 11.6 Å². The van der Waals surface area contributed by atoms with Gasteiger partial charge in [-0.15, -0.1) is 0 Å². The molecule has 43 heavy (non-hydrogen) atoms. The van der Waals surface area contributed by atoms with Crippen LogP contribution in [0.1, 0.15) is 72.5 Å². The molecule has 3 aliphatic carbocycles. The van der Waals surface area contributed by atoms with Gasteiger partial charge in [0, 0.05) is 41.7 Å². The maximum atomic E-state index is 14.6. The molecule has 13 heteroatoms. The number of rotatable bonds is 9. The highest BCUT2D eigenvalue weighted by atomic mass is 32.2. The second kappa shape index (κ2) is 10.1. The number of hydrogen-bond acceptors (Lipinski definition) is 9. The van der Waals surface area contributed by atoms with Crippen molar-refractivity contribution < 1.29 is 26.5 Å². The van der Waals surface area contributed by atoms with E-state index in [-0.39, 0.29) is 23.2 Å². The molecule has 1 amide bonds. The van der Waals surface area contributed by atoms with E-state index in [1.54, 1.807) is 18.2 Å². The van der Waals surface area contributed by atoms with E-state index in [9.17, 15) is 22.0 Å². The Morgan fingerprint density at radius 3 is 2.49 bits per heavy atom. The van der Waals surface area contributed by atoms with Gasteiger partial charge in [0.05, 0.1) is 21.0 Å². The number of fused-ring (bicyclic) bond motifs is 3.